The van der Waals surface area contributed by atoms with Gasteiger partial charge in [0.05, 0.1) is 0 Å². The molecule has 31 heavy (non-hydrogen) atoms. The fourth-order valence-corrected chi connectivity index (χ4v) is 4.12. The summed E-state index contributed by atoms with van der Waals surface area (Å²) in [4.78, 5) is 14.5. The van der Waals surface area contributed by atoms with Gasteiger partial charge in [0.1, 0.15) is 0 Å². The molecule has 0 amide bonds. The summed E-state index contributed by atoms with van der Waals surface area (Å²) in [5.74, 6) is 2.01. The van der Waals surface area contributed by atoms with Crippen LogP contribution in [0.15, 0.2) is 109 Å². The standard InChI is InChI=1S/C27H18IN3/c28-24-17-22(19-10-4-1-5-11-19)16-23(18-24)27-30-25(20-12-6-2-7-13-20)29-26(31-27)21-14-8-3-9-15-21/h1-18H. The molecule has 0 fully saturated rings. The van der Waals surface area contributed by atoms with E-state index in [0.717, 1.165) is 25.8 Å². The second kappa shape index (κ2) is 8.78. The van der Waals surface area contributed by atoms with E-state index in [2.05, 4.69) is 65.1 Å². The molecule has 5 rings (SSSR count). The Balaban J connectivity index is 1.70. The summed E-state index contributed by atoms with van der Waals surface area (Å²) in [6, 6.07) is 36.9. The van der Waals surface area contributed by atoms with Crippen molar-refractivity contribution in [2.75, 3.05) is 0 Å². The van der Waals surface area contributed by atoms with Gasteiger partial charge in [-0.15, -0.1) is 0 Å². The summed E-state index contributed by atoms with van der Waals surface area (Å²) in [7, 11) is 0. The number of halogens is 1. The molecule has 0 unspecified atom stereocenters. The molecule has 0 bridgehead atoms. The SMILES string of the molecule is Ic1cc(-c2ccccc2)cc(-c2nc(-c3ccccc3)nc(-c3ccccc3)n2)c1. The molecule has 0 saturated carbocycles. The molecule has 0 saturated heterocycles. The van der Waals surface area contributed by atoms with Crippen LogP contribution in [0, 0.1) is 3.57 Å². The Bertz CT molecular complexity index is 1260. The lowest BCUT2D eigenvalue weighted by Crippen LogP contribution is -2.00. The van der Waals surface area contributed by atoms with Crippen molar-refractivity contribution in [2.45, 2.75) is 0 Å². The molecule has 148 valence electrons. The molecule has 0 aliphatic heterocycles. The Morgan fingerprint density at radius 3 is 1.26 bits per heavy atom. The molecule has 0 N–H and O–H groups in total. The van der Waals surface area contributed by atoms with Crippen LogP contribution < -0.4 is 0 Å². The summed E-state index contributed by atoms with van der Waals surface area (Å²) < 4.78 is 1.14. The minimum absolute atomic E-state index is 0.670. The van der Waals surface area contributed by atoms with Crippen molar-refractivity contribution < 1.29 is 0 Å². The first-order chi connectivity index (χ1) is 15.3. The highest BCUT2D eigenvalue weighted by Gasteiger charge is 2.13. The third kappa shape index (κ3) is 4.39. The molecule has 1 aromatic heterocycles. The number of rotatable bonds is 4. The summed E-state index contributed by atoms with van der Waals surface area (Å²) in [5, 5.41) is 0. The Labute approximate surface area is 195 Å². The van der Waals surface area contributed by atoms with Gasteiger partial charge in [-0.25, -0.2) is 15.0 Å². The molecule has 4 heteroatoms. The zero-order chi connectivity index (χ0) is 21.0. The van der Waals surface area contributed by atoms with Crippen LogP contribution >= 0.6 is 22.6 Å². The van der Waals surface area contributed by atoms with Crippen LogP contribution in [0.2, 0.25) is 0 Å². The predicted molar refractivity (Wildman–Crippen MR) is 134 cm³/mol. The Morgan fingerprint density at radius 2 is 0.774 bits per heavy atom. The molecule has 3 nitrogen and oxygen atoms in total. The topological polar surface area (TPSA) is 38.7 Å². The highest BCUT2D eigenvalue weighted by molar-refractivity contribution is 14.1. The molecule has 0 aliphatic carbocycles. The number of aromatic nitrogens is 3. The molecule has 0 aliphatic rings. The van der Waals surface area contributed by atoms with E-state index in [1.165, 1.54) is 5.56 Å². The van der Waals surface area contributed by atoms with E-state index in [4.69, 9.17) is 15.0 Å². The van der Waals surface area contributed by atoms with Crippen LogP contribution in [0.25, 0.3) is 45.3 Å². The number of benzene rings is 4. The van der Waals surface area contributed by atoms with Crippen LogP contribution in [0.1, 0.15) is 0 Å². The van der Waals surface area contributed by atoms with Crippen molar-refractivity contribution in [2.24, 2.45) is 0 Å². The van der Waals surface area contributed by atoms with Gasteiger partial charge in [-0.05, 0) is 51.9 Å². The van der Waals surface area contributed by atoms with E-state index < -0.39 is 0 Å². The lowest BCUT2D eigenvalue weighted by Gasteiger charge is -2.10. The Hall–Kier alpha value is -3.38. The maximum absolute atomic E-state index is 4.85. The summed E-state index contributed by atoms with van der Waals surface area (Å²) in [5.41, 5.74) is 5.23. The van der Waals surface area contributed by atoms with Crippen LogP contribution in [-0.4, -0.2) is 15.0 Å². The van der Waals surface area contributed by atoms with E-state index in [-0.39, 0.29) is 0 Å². The van der Waals surface area contributed by atoms with Gasteiger partial charge in [-0.3, -0.25) is 0 Å². The molecule has 4 aromatic carbocycles. The molecule has 1 heterocycles. The average Bonchev–Trinajstić information content (AvgIpc) is 2.85. The van der Waals surface area contributed by atoms with E-state index in [0.29, 0.717) is 17.5 Å². The van der Waals surface area contributed by atoms with Gasteiger partial charge in [0.2, 0.25) is 0 Å². The highest BCUT2D eigenvalue weighted by atomic mass is 127. The Kier molecular flexibility index (Phi) is 5.54. The first-order valence-electron chi connectivity index (χ1n) is 9.99. The third-order valence-electron chi connectivity index (χ3n) is 4.96. The van der Waals surface area contributed by atoms with Gasteiger partial charge in [0.25, 0.3) is 0 Å². The first-order valence-corrected chi connectivity index (χ1v) is 11.1. The fourth-order valence-electron chi connectivity index (χ4n) is 3.45. The van der Waals surface area contributed by atoms with Crippen LogP contribution in [0.3, 0.4) is 0 Å². The van der Waals surface area contributed by atoms with Crippen molar-refractivity contribution in [3.8, 4) is 45.3 Å². The predicted octanol–water partition coefficient (Wildman–Crippen LogP) is 7.14. The van der Waals surface area contributed by atoms with Gasteiger partial charge < -0.3 is 0 Å². The smallest absolute Gasteiger partial charge is 0.164 e. The van der Waals surface area contributed by atoms with E-state index in [1.807, 2.05) is 66.7 Å². The zero-order valence-corrected chi connectivity index (χ0v) is 18.8. The van der Waals surface area contributed by atoms with Gasteiger partial charge in [0, 0.05) is 20.3 Å². The minimum atomic E-state index is 0.670. The van der Waals surface area contributed by atoms with Gasteiger partial charge >= 0.3 is 0 Å². The lowest BCUT2D eigenvalue weighted by atomic mass is 10.0. The summed E-state index contributed by atoms with van der Waals surface area (Å²) in [6.45, 7) is 0. The second-order valence-corrected chi connectivity index (χ2v) is 8.38. The number of hydrogen-bond acceptors (Lipinski definition) is 3. The minimum Gasteiger partial charge on any atom is -0.208 e. The van der Waals surface area contributed by atoms with Gasteiger partial charge in [0.15, 0.2) is 17.5 Å². The lowest BCUT2D eigenvalue weighted by molar-refractivity contribution is 1.07. The van der Waals surface area contributed by atoms with E-state index in [1.54, 1.807) is 0 Å². The van der Waals surface area contributed by atoms with Crippen LogP contribution in [0.4, 0.5) is 0 Å². The van der Waals surface area contributed by atoms with Crippen LogP contribution in [-0.2, 0) is 0 Å². The van der Waals surface area contributed by atoms with Crippen LogP contribution in [0.5, 0.6) is 0 Å². The van der Waals surface area contributed by atoms with Crippen molar-refractivity contribution in [1.82, 2.24) is 15.0 Å². The second-order valence-electron chi connectivity index (χ2n) is 7.13. The third-order valence-corrected chi connectivity index (χ3v) is 5.59. The number of nitrogens with zero attached hydrogens (tertiary/aromatic N) is 3. The van der Waals surface area contributed by atoms with Crippen molar-refractivity contribution in [3.63, 3.8) is 0 Å². The normalized spacial score (nSPS) is 10.7. The Morgan fingerprint density at radius 1 is 0.387 bits per heavy atom. The first kappa shape index (κ1) is 19.6. The zero-order valence-electron chi connectivity index (χ0n) is 16.6. The van der Waals surface area contributed by atoms with Gasteiger partial charge in [-0.2, -0.15) is 0 Å². The molecular formula is C27H18IN3. The maximum Gasteiger partial charge on any atom is 0.164 e. The van der Waals surface area contributed by atoms with Crippen molar-refractivity contribution in [1.29, 1.82) is 0 Å². The molecule has 0 atom stereocenters. The van der Waals surface area contributed by atoms with E-state index >= 15 is 0 Å². The fraction of sp³-hybridized carbons (Fsp3) is 0. The summed E-state index contributed by atoms with van der Waals surface area (Å²) >= 11 is 2.35. The number of hydrogen-bond donors (Lipinski definition) is 0. The highest BCUT2D eigenvalue weighted by Crippen LogP contribution is 2.29. The monoisotopic (exact) mass is 511 g/mol. The van der Waals surface area contributed by atoms with Gasteiger partial charge in [-0.1, -0.05) is 91.0 Å². The largest absolute Gasteiger partial charge is 0.208 e. The van der Waals surface area contributed by atoms with Crippen molar-refractivity contribution >= 4 is 22.6 Å². The summed E-state index contributed by atoms with van der Waals surface area (Å²) in [6.07, 6.45) is 0. The molecule has 5 aromatic rings. The molecular weight excluding hydrogens is 493 g/mol. The average molecular weight is 511 g/mol. The molecule has 0 radical (unpaired) electrons. The van der Waals surface area contributed by atoms with Crippen molar-refractivity contribution in [3.05, 3.63) is 113 Å². The quantitative estimate of drug-likeness (QED) is 0.241. The maximum atomic E-state index is 4.85. The molecule has 0 spiro atoms. The van der Waals surface area contributed by atoms with E-state index in [9.17, 15) is 0 Å².